The number of nitrogens with zero attached hydrogens (tertiary/aromatic N) is 1. The molecule has 5 rings (SSSR count). The minimum absolute atomic E-state index is 0.171. The second kappa shape index (κ2) is 7.77. The Morgan fingerprint density at radius 1 is 1.22 bits per heavy atom. The van der Waals surface area contributed by atoms with Crippen LogP contribution >= 0.6 is 23.6 Å². The normalized spacial score (nSPS) is 12.3. The van der Waals surface area contributed by atoms with Crippen LogP contribution in [0.5, 0.6) is 11.5 Å². The number of H-pyrrole nitrogens is 1. The molecule has 4 aromatic rings. The van der Waals surface area contributed by atoms with Gasteiger partial charge in [0.1, 0.15) is 10.5 Å². The van der Waals surface area contributed by atoms with E-state index < -0.39 is 11.5 Å². The fraction of sp³-hybridized carbons (Fsp3) is 0.143. The van der Waals surface area contributed by atoms with Crippen LogP contribution in [0.1, 0.15) is 25.6 Å². The maximum atomic E-state index is 12.9. The smallest absolute Gasteiger partial charge is 0.337 e. The largest absolute Gasteiger partial charge is 0.465 e. The summed E-state index contributed by atoms with van der Waals surface area (Å²) in [5.74, 6) is 0.357. The van der Waals surface area contributed by atoms with E-state index in [-0.39, 0.29) is 35.3 Å². The number of amides is 1. The highest BCUT2D eigenvalue weighted by molar-refractivity contribution is 7.73. The van der Waals surface area contributed by atoms with E-state index in [1.807, 2.05) is 6.07 Å². The number of methoxy groups -OCH3 is 1. The first-order chi connectivity index (χ1) is 15.5. The summed E-state index contributed by atoms with van der Waals surface area (Å²) in [6.45, 7) is 0.417. The van der Waals surface area contributed by atoms with Crippen molar-refractivity contribution in [3.63, 3.8) is 0 Å². The number of fused-ring (bicyclic) bond motifs is 4. The number of carbonyl (C=O) groups is 2. The number of hydrogen-bond acceptors (Lipinski definition) is 8. The molecule has 1 amide bonds. The highest BCUT2D eigenvalue weighted by Crippen LogP contribution is 2.32. The van der Waals surface area contributed by atoms with Gasteiger partial charge in [-0.1, -0.05) is 17.4 Å². The predicted molar refractivity (Wildman–Crippen MR) is 119 cm³/mol. The Morgan fingerprint density at radius 3 is 2.84 bits per heavy atom. The van der Waals surface area contributed by atoms with Gasteiger partial charge in [0, 0.05) is 6.54 Å². The Kier molecular flexibility index (Phi) is 4.91. The number of nitrogens with one attached hydrogen (secondary N) is 2. The summed E-state index contributed by atoms with van der Waals surface area (Å²) in [6.07, 6.45) is 0. The summed E-state index contributed by atoms with van der Waals surface area (Å²) in [5, 5.41) is 3.18. The third-order valence-electron chi connectivity index (χ3n) is 5.04. The van der Waals surface area contributed by atoms with Crippen molar-refractivity contribution < 1.29 is 23.8 Å². The monoisotopic (exact) mass is 469 g/mol. The van der Waals surface area contributed by atoms with E-state index in [2.05, 4.69) is 10.3 Å². The molecule has 0 unspecified atom stereocenters. The van der Waals surface area contributed by atoms with Crippen LogP contribution in [0.2, 0.25) is 0 Å². The van der Waals surface area contributed by atoms with Gasteiger partial charge < -0.3 is 24.5 Å². The van der Waals surface area contributed by atoms with E-state index >= 15 is 0 Å². The lowest BCUT2D eigenvalue weighted by Crippen LogP contribution is -2.23. The maximum Gasteiger partial charge on any atom is 0.337 e. The van der Waals surface area contributed by atoms with Crippen LogP contribution in [0, 0.1) is 3.95 Å². The molecule has 0 saturated heterocycles. The topological polar surface area (TPSA) is 111 Å². The third-order valence-corrected chi connectivity index (χ3v) is 6.42. The average molecular weight is 470 g/mol. The molecule has 1 aliphatic heterocycles. The van der Waals surface area contributed by atoms with Crippen LogP contribution in [0.3, 0.4) is 0 Å². The molecule has 2 aromatic carbocycles. The lowest BCUT2D eigenvalue weighted by atomic mass is 10.1. The summed E-state index contributed by atoms with van der Waals surface area (Å²) in [6, 6.07) is 9.97. The Balaban J connectivity index is 1.52. The quantitative estimate of drug-likeness (QED) is 0.349. The summed E-state index contributed by atoms with van der Waals surface area (Å²) < 4.78 is 17.4. The predicted octanol–water partition coefficient (Wildman–Crippen LogP) is 3.02. The van der Waals surface area contributed by atoms with Gasteiger partial charge in [0.05, 0.1) is 23.6 Å². The summed E-state index contributed by atoms with van der Waals surface area (Å²) in [4.78, 5) is 40.5. The van der Waals surface area contributed by atoms with Gasteiger partial charge in [-0.3, -0.25) is 14.0 Å². The van der Waals surface area contributed by atoms with Crippen LogP contribution in [0.25, 0.3) is 16.6 Å². The highest BCUT2D eigenvalue weighted by Gasteiger charge is 2.20. The van der Waals surface area contributed by atoms with Crippen molar-refractivity contribution in [2.45, 2.75) is 6.54 Å². The summed E-state index contributed by atoms with van der Waals surface area (Å²) in [5.41, 5.74) is 1.39. The molecular weight excluding hydrogens is 454 g/mol. The number of benzene rings is 2. The number of aromatic nitrogens is 2. The molecule has 0 fully saturated rings. The van der Waals surface area contributed by atoms with Crippen molar-refractivity contribution in [2.75, 3.05) is 13.9 Å². The standard InChI is InChI=1S/C21H15N3O6S2/c1-28-20(27)11-3-4-12-13(7-11)24-17(23-18(12)25)16(32-21(24)31)19(26)22-8-10-2-5-14-15(6-10)30-9-29-14/h2-7H,8-9H2,1H3,(H,22,26)(H,23,25). The van der Waals surface area contributed by atoms with Crippen molar-refractivity contribution in [2.24, 2.45) is 0 Å². The van der Waals surface area contributed by atoms with Crippen LogP contribution in [0.4, 0.5) is 0 Å². The first-order valence-electron chi connectivity index (χ1n) is 9.43. The Hall–Kier alpha value is -3.70. The van der Waals surface area contributed by atoms with Crippen molar-refractivity contribution in [3.8, 4) is 11.5 Å². The van der Waals surface area contributed by atoms with Gasteiger partial charge in [0.2, 0.25) is 6.79 Å². The first-order valence-corrected chi connectivity index (χ1v) is 10.7. The zero-order chi connectivity index (χ0) is 22.4. The van der Waals surface area contributed by atoms with Crippen LogP contribution in [0.15, 0.2) is 41.2 Å². The number of hydrogen-bond donors (Lipinski definition) is 2. The molecule has 1 aliphatic rings. The molecule has 9 nitrogen and oxygen atoms in total. The van der Waals surface area contributed by atoms with Gasteiger partial charge in [0.25, 0.3) is 11.5 Å². The minimum atomic E-state index is -0.538. The van der Waals surface area contributed by atoms with Gasteiger partial charge in [-0.15, -0.1) is 0 Å². The molecule has 0 aliphatic carbocycles. The summed E-state index contributed by atoms with van der Waals surface area (Å²) in [7, 11) is 1.28. The number of aromatic amines is 1. The van der Waals surface area contributed by atoms with E-state index in [1.165, 1.54) is 25.3 Å². The van der Waals surface area contributed by atoms with E-state index in [0.29, 0.717) is 26.4 Å². The lowest BCUT2D eigenvalue weighted by molar-refractivity contribution is 0.0600. The molecule has 2 aromatic heterocycles. The van der Waals surface area contributed by atoms with Gasteiger partial charge in [-0.25, -0.2) is 4.79 Å². The van der Waals surface area contributed by atoms with Crippen molar-refractivity contribution in [3.05, 3.63) is 66.7 Å². The second-order valence-electron chi connectivity index (χ2n) is 6.93. The Bertz CT molecular complexity index is 1530. The minimum Gasteiger partial charge on any atom is -0.465 e. The zero-order valence-corrected chi connectivity index (χ0v) is 18.2. The van der Waals surface area contributed by atoms with Gasteiger partial charge >= 0.3 is 5.97 Å². The Morgan fingerprint density at radius 2 is 2.03 bits per heavy atom. The third kappa shape index (κ3) is 3.31. The van der Waals surface area contributed by atoms with E-state index in [0.717, 1.165) is 16.9 Å². The molecule has 0 bridgehead atoms. The lowest BCUT2D eigenvalue weighted by Gasteiger charge is -2.07. The van der Waals surface area contributed by atoms with Crippen LogP contribution in [-0.2, 0) is 11.3 Å². The van der Waals surface area contributed by atoms with Crippen molar-refractivity contribution in [1.29, 1.82) is 0 Å². The molecule has 2 N–H and O–H groups in total. The molecule has 0 atom stereocenters. The number of carbonyl (C=O) groups excluding carboxylic acids is 2. The van der Waals surface area contributed by atoms with Crippen LogP contribution in [-0.4, -0.2) is 35.2 Å². The molecule has 0 spiro atoms. The molecule has 0 radical (unpaired) electrons. The molecule has 162 valence electrons. The molecule has 11 heteroatoms. The molecule has 3 heterocycles. The van der Waals surface area contributed by atoms with E-state index in [4.69, 9.17) is 26.4 Å². The summed E-state index contributed by atoms with van der Waals surface area (Å²) >= 11 is 6.54. The molecule has 0 saturated carbocycles. The van der Waals surface area contributed by atoms with Crippen molar-refractivity contribution in [1.82, 2.24) is 14.7 Å². The van der Waals surface area contributed by atoms with E-state index in [1.54, 1.807) is 16.5 Å². The molecular formula is C21H15N3O6S2. The highest BCUT2D eigenvalue weighted by atomic mass is 32.1. The average Bonchev–Trinajstić information content (AvgIpc) is 3.40. The fourth-order valence-electron chi connectivity index (χ4n) is 3.50. The van der Waals surface area contributed by atoms with Gasteiger partial charge in [-0.2, -0.15) is 0 Å². The zero-order valence-electron chi connectivity index (χ0n) is 16.6. The fourth-order valence-corrected chi connectivity index (χ4v) is 4.80. The maximum absolute atomic E-state index is 12.9. The Labute approximate surface area is 189 Å². The second-order valence-corrected chi connectivity index (χ2v) is 8.57. The van der Waals surface area contributed by atoms with E-state index in [9.17, 15) is 14.4 Å². The van der Waals surface area contributed by atoms with Gasteiger partial charge in [-0.05, 0) is 48.1 Å². The number of esters is 1. The number of thiazole rings is 1. The SMILES string of the molecule is COC(=O)c1ccc2c(=O)[nH]c3c(C(=O)NCc4ccc5c(c4)OCO5)sc(=S)n3c2c1. The van der Waals surface area contributed by atoms with Gasteiger partial charge in [0.15, 0.2) is 15.5 Å². The first kappa shape index (κ1) is 20.2. The molecule has 32 heavy (non-hydrogen) atoms. The van der Waals surface area contributed by atoms with Crippen molar-refractivity contribution >= 4 is 52.0 Å². The van der Waals surface area contributed by atoms with Crippen LogP contribution < -0.4 is 20.3 Å². The number of ether oxygens (including phenoxy) is 3. The number of rotatable bonds is 4.